The standard InChI is InChI=1S/C12H22N4/c1-10-8-16(11(2)6-13-10)5-4-12-7-14-15(3)9-12/h7,9-11,13H,4-6,8H2,1-3H3. The highest BCUT2D eigenvalue weighted by molar-refractivity contribution is 5.04. The number of aromatic nitrogens is 2. The highest BCUT2D eigenvalue weighted by atomic mass is 15.2. The van der Waals surface area contributed by atoms with Gasteiger partial charge in [-0.05, 0) is 25.8 Å². The Kier molecular flexibility index (Phi) is 3.61. The van der Waals surface area contributed by atoms with Gasteiger partial charge in [0, 0.05) is 45.0 Å². The Bertz CT molecular complexity index is 334. The highest BCUT2D eigenvalue weighted by Crippen LogP contribution is 2.08. The summed E-state index contributed by atoms with van der Waals surface area (Å²) in [4.78, 5) is 2.56. The Balaban J connectivity index is 1.84. The number of rotatable bonds is 3. The predicted octanol–water partition coefficient (Wildman–Crippen LogP) is 0.645. The van der Waals surface area contributed by atoms with Crippen molar-refractivity contribution in [2.24, 2.45) is 7.05 Å². The average Bonchev–Trinajstić information content (AvgIpc) is 2.66. The van der Waals surface area contributed by atoms with E-state index >= 15 is 0 Å². The van der Waals surface area contributed by atoms with Crippen LogP contribution in [0, 0.1) is 0 Å². The first-order chi connectivity index (χ1) is 7.65. The minimum atomic E-state index is 0.616. The summed E-state index contributed by atoms with van der Waals surface area (Å²) in [6.07, 6.45) is 5.18. The van der Waals surface area contributed by atoms with Crippen LogP contribution < -0.4 is 5.32 Å². The molecule has 1 fully saturated rings. The fourth-order valence-electron chi connectivity index (χ4n) is 2.28. The van der Waals surface area contributed by atoms with Crippen LogP contribution in [0.15, 0.2) is 12.4 Å². The zero-order valence-electron chi connectivity index (χ0n) is 10.5. The molecule has 0 bridgehead atoms. The molecule has 4 nitrogen and oxygen atoms in total. The predicted molar refractivity (Wildman–Crippen MR) is 65.4 cm³/mol. The number of nitrogens with zero attached hydrogens (tertiary/aromatic N) is 3. The highest BCUT2D eigenvalue weighted by Gasteiger charge is 2.21. The third-order valence-electron chi connectivity index (χ3n) is 3.34. The molecule has 16 heavy (non-hydrogen) atoms. The minimum Gasteiger partial charge on any atom is -0.311 e. The molecule has 1 aromatic heterocycles. The van der Waals surface area contributed by atoms with Crippen molar-refractivity contribution in [1.82, 2.24) is 20.0 Å². The van der Waals surface area contributed by atoms with E-state index in [0.717, 1.165) is 26.1 Å². The Hall–Kier alpha value is -0.870. The van der Waals surface area contributed by atoms with Gasteiger partial charge < -0.3 is 5.32 Å². The first kappa shape index (κ1) is 11.6. The van der Waals surface area contributed by atoms with E-state index in [4.69, 9.17) is 0 Å². The Morgan fingerprint density at radius 3 is 3.00 bits per heavy atom. The van der Waals surface area contributed by atoms with Gasteiger partial charge in [0.1, 0.15) is 0 Å². The maximum absolute atomic E-state index is 4.20. The van der Waals surface area contributed by atoms with Gasteiger partial charge in [-0.1, -0.05) is 0 Å². The van der Waals surface area contributed by atoms with E-state index in [0.29, 0.717) is 12.1 Å². The second-order valence-electron chi connectivity index (χ2n) is 4.93. The summed E-state index contributed by atoms with van der Waals surface area (Å²) < 4.78 is 1.87. The van der Waals surface area contributed by atoms with Gasteiger partial charge in [0.2, 0.25) is 0 Å². The van der Waals surface area contributed by atoms with E-state index in [-0.39, 0.29) is 0 Å². The van der Waals surface area contributed by atoms with Crippen LogP contribution in [-0.2, 0) is 13.5 Å². The van der Waals surface area contributed by atoms with Gasteiger partial charge in [0.05, 0.1) is 6.20 Å². The van der Waals surface area contributed by atoms with E-state index in [1.54, 1.807) is 0 Å². The zero-order valence-corrected chi connectivity index (χ0v) is 10.5. The van der Waals surface area contributed by atoms with Gasteiger partial charge in [0.15, 0.2) is 0 Å². The van der Waals surface area contributed by atoms with Crippen molar-refractivity contribution in [2.75, 3.05) is 19.6 Å². The third-order valence-corrected chi connectivity index (χ3v) is 3.34. The molecule has 1 aliphatic heterocycles. The van der Waals surface area contributed by atoms with Gasteiger partial charge in [0.25, 0.3) is 0 Å². The molecular formula is C12H22N4. The van der Waals surface area contributed by atoms with Crippen molar-refractivity contribution < 1.29 is 0 Å². The van der Waals surface area contributed by atoms with Gasteiger partial charge in [-0.25, -0.2) is 0 Å². The van der Waals surface area contributed by atoms with Crippen LogP contribution in [-0.4, -0.2) is 46.4 Å². The first-order valence-corrected chi connectivity index (χ1v) is 6.10. The second kappa shape index (κ2) is 4.97. The van der Waals surface area contributed by atoms with E-state index in [2.05, 4.69) is 35.4 Å². The van der Waals surface area contributed by atoms with Crippen LogP contribution in [0.25, 0.3) is 0 Å². The van der Waals surface area contributed by atoms with Gasteiger partial charge in [-0.3, -0.25) is 9.58 Å². The molecule has 0 saturated carbocycles. The van der Waals surface area contributed by atoms with E-state index < -0.39 is 0 Å². The normalized spacial score (nSPS) is 27.2. The number of piperazine rings is 1. The molecule has 0 aromatic carbocycles. The van der Waals surface area contributed by atoms with Gasteiger partial charge in [-0.2, -0.15) is 5.10 Å². The third kappa shape index (κ3) is 2.83. The molecule has 0 amide bonds. The number of aryl methyl sites for hydroxylation is 1. The lowest BCUT2D eigenvalue weighted by Crippen LogP contribution is -2.54. The fourth-order valence-corrected chi connectivity index (χ4v) is 2.28. The maximum atomic E-state index is 4.20. The van der Waals surface area contributed by atoms with Crippen molar-refractivity contribution >= 4 is 0 Å². The summed E-state index contributed by atoms with van der Waals surface area (Å²) in [5.41, 5.74) is 1.33. The molecule has 1 saturated heterocycles. The van der Waals surface area contributed by atoms with E-state index in [9.17, 15) is 0 Å². The molecule has 1 aromatic rings. The lowest BCUT2D eigenvalue weighted by atomic mass is 10.1. The summed E-state index contributed by atoms with van der Waals surface area (Å²) in [5.74, 6) is 0. The topological polar surface area (TPSA) is 33.1 Å². The van der Waals surface area contributed by atoms with Crippen molar-refractivity contribution in [3.63, 3.8) is 0 Å². The van der Waals surface area contributed by atoms with Crippen molar-refractivity contribution in [2.45, 2.75) is 32.4 Å². The lowest BCUT2D eigenvalue weighted by molar-refractivity contribution is 0.148. The summed E-state index contributed by atoms with van der Waals surface area (Å²) in [6, 6.07) is 1.26. The molecule has 4 heteroatoms. The average molecular weight is 222 g/mol. The molecule has 2 atom stereocenters. The lowest BCUT2D eigenvalue weighted by Gasteiger charge is -2.37. The first-order valence-electron chi connectivity index (χ1n) is 6.10. The molecule has 2 heterocycles. The smallest absolute Gasteiger partial charge is 0.0522 e. The van der Waals surface area contributed by atoms with Crippen LogP contribution in [0.5, 0.6) is 0 Å². The molecule has 1 N–H and O–H groups in total. The van der Waals surface area contributed by atoms with E-state index in [1.807, 2.05) is 17.9 Å². The number of hydrogen-bond donors (Lipinski definition) is 1. The molecule has 0 spiro atoms. The monoisotopic (exact) mass is 222 g/mol. The van der Waals surface area contributed by atoms with Crippen LogP contribution in [0.3, 0.4) is 0 Å². The van der Waals surface area contributed by atoms with Crippen molar-refractivity contribution in [3.8, 4) is 0 Å². The molecule has 2 rings (SSSR count). The molecule has 0 aliphatic carbocycles. The largest absolute Gasteiger partial charge is 0.311 e. The molecular weight excluding hydrogens is 200 g/mol. The van der Waals surface area contributed by atoms with Crippen molar-refractivity contribution in [3.05, 3.63) is 18.0 Å². The van der Waals surface area contributed by atoms with Crippen LogP contribution in [0.1, 0.15) is 19.4 Å². The summed E-state index contributed by atoms with van der Waals surface area (Å²) in [7, 11) is 1.97. The van der Waals surface area contributed by atoms with Crippen LogP contribution in [0.4, 0.5) is 0 Å². The summed E-state index contributed by atoms with van der Waals surface area (Å²) >= 11 is 0. The number of hydrogen-bond acceptors (Lipinski definition) is 3. The maximum Gasteiger partial charge on any atom is 0.0522 e. The molecule has 90 valence electrons. The number of nitrogens with one attached hydrogen (secondary N) is 1. The summed E-state index contributed by atoms with van der Waals surface area (Å²) in [6.45, 7) is 7.94. The molecule has 0 radical (unpaired) electrons. The van der Waals surface area contributed by atoms with Gasteiger partial charge >= 0.3 is 0 Å². The van der Waals surface area contributed by atoms with Crippen LogP contribution >= 0.6 is 0 Å². The SMILES string of the molecule is CC1CN(CCc2cnn(C)c2)C(C)CN1. The Morgan fingerprint density at radius 2 is 2.31 bits per heavy atom. The van der Waals surface area contributed by atoms with Gasteiger partial charge in [-0.15, -0.1) is 0 Å². The summed E-state index contributed by atoms with van der Waals surface area (Å²) in [5, 5.41) is 7.71. The van der Waals surface area contributed by atoms with Crippen LogP contribution in [0.2, 0.25) is 0 Å². The quantitative estimate of drug-likeness (QED) is 0.815. The van der Waals surface area contributed by atoms with Crippen molar-refractivity contribution in [1.29, 1.82) is 0 Å². The van der Waals surface area contributed by atoms with E-state index in [1.165, 1.54) is 5.56 Å². The Morgan fingerprint density at radius 1 is 1.50 bits per heavy atom. The molecule has 2 unspecified atom stereocenters. The second-order valence-corrected chi connectivity index (χ2v) is 4.93. The fraction of sp³-hybridized carbons (Fsp3) is 0.750. The minimum absolute atomic E-state index is 0.616. The Labute approximate surface area is 97.6 Å². The zero-order chi connectivity index (χ0) is 11.5. The molecule has 1 aliphatic rings.